The van der Waals surface area contributed by atoms with Gasteiger partial charge in [0.2, 0.25) is 0 Å². The monoisotopic (exact) mass is 300 g/mol. The van der Waals surface area contributed by atoms with Crippen LogP contribution in [-0.2, 0) is 4.74 Å². The van der Waals surface area contributed by atoms with Crippen LogP contribution in [0.3, 0.4) is 0 Å². The van der Waals surface area contributed by atoms with Gasteiger partial charge in [-0.1, -0.05) is 0 Å². The van der Waals surface area contributed by atoms with Crippen molar-refractivity contribution < 1.29 is 9.53 Å². The first-order valence-electron chi connectivity index (χ1n) is 8.62. The number of nitrogens with zero attached hydrogens (tertiary/aromatic N) is 2. The van der Waals surface area contributed by atoms with Gasteiger partial charge in [-0.25, -0.2) is 9.78 Å². The molecule has 0 radical (unpaired) electrons. The standard InChI is InChI=1S/C18H24N2O2/c1-2-22-18(21)15-3-4-17(19-10-15)20-11-14-6-12-5-13(7-14)9-16(20)8-12/h3-4,10,12-14,16H,2,5-9,11H2,1H3/t12-,13+,14?,16?. The second kappa shape index (κ2) is 5.56. The van der Waals surface area contributed by atoms with Crippen LogP contribution in [0.5, 0.6) is 0 Å². The van der Waals surface area contributed by atoms with Crippen molar-refractivity contribution in [1.82, 2.24) is 4.98 Å². The Morgan fingerprint density at radius 2 is 1.91 bits per heavy atom. The highest BCUT2D eigenvalue weighted by Gasteiger charge is 2.42. The first-order valence-corrected chi connectivity index (χ1v) is 8.62. The Hall–Kier alpha value is -1.58. The van der Waals surface area contributed by atoms with Gasteiger partial charge in [-0.15, -0.1) is 0 Å². The van der Waals surface area contributed by atoms with E-state index < -0.39 is 0 Å². The number of hydrogen-bond donors (Lipinski definition) is 0. The van der Waals surface area contributed by atoms with E-state index in [1.165, 1.54) is 32.1 Å². The van der Waals surface area contributed by atoms with Crippen molar-refractivity contribution in [1.29, 1.82) is 0 Å². The summed E-state index contributed by atoms with van der Waals surface area (Å²) in [5.74, 6) is 3.46. The summed E-state index contributed by atoms with van der Waals surface area (Å²) in [6.07, 6.45) is 8.59. The average Bonchev–Trinajstić information content (AvgIpc) is 2.71. The molecule has 1 aromatic heterocycles. The number of pyridine rings is 1. The van der Waals surface area contributed by atoms with E-state index in [1.807, 2.05) is 19.1 Å². The van der Waals surface area contributed by atoms with Gasteiger partial charge < -0.3 is 9.64 Å². The summed E-state index contributed by atoms with van der Waals surface area (Å²) >= 11 is 0. The van der Waals surface area contributed by atoms with Gasteiger partial charge in [0.1, 0.15) is 5.82 Å². The molecule has 1 aromatic rings. The van der Waals surface area contributed by atoms with E-state index in [0.717, 1.165) is 30.1 Å². The van der Waals surface area contributed by atoms with Gasteiger partial charge in [0.05, 0.1) is 12.2 Å². The molecule has 2 saturated carbocycles. The van der Waals surface area contributed by atoms with Crippen molar-refractivity contribution >= 4 is 11.8 Å². The second-order valence-corrected chi connectivity index (χ2v) is 7.21. The maximum Gasteiger partial charge on any atom is 0.339 e. The third-order valence-corrected chi connectivity index (χ3v) is 5.66. The number of carbonyl (C=O) groups is 1. The van der Waals surface area contributed by atoms with Crippen LogP contribution < -0.4 is 4.90 Å². The molecule has 4 heteroatoms. The van der Waals surface area contributed by atoms with E-state index in [0.29, 0.717) is 18.2 Å². The Labute approximate surface area is 131 Å². The lowest BCUT2D eigenvalue weighted by molar-refractivity contribution is 0.0526. The molecule has 4 bridgehead atoms. The Morgan fingerprint density at radius 1 is 1.18 bits per heavy atom. The molecule has 0 N–H and O–H groups in total. The van der Waals surface area contributed by atoms with Crippen LogP contribution in [0.15, 0.2) is 18.3 Å². The summed E-state index contributed by atoms with van der Waals surface area (Å²) in [6.45, 7) is 3.37. The number of esters is 1. The Kier molecular flexibility index (Phi) is 3.55. The van der Waals surface area contributed by atoms with E-state index in [2.05, 4.69) is 9.88 Å². The topological polar surface area (TPSA) is 42.4 Å². The number of fused-ring (bicyclic) bond motifs is 1. The SMILES string of the molecule is CCOC(=O)c1ccc(N2CC3C[C@@H]4CC2C[C@H](C3)C4)nc1. The zero-order chi connectivity index (χ0) is 15.1. The zero-order valence-electron chi connectivity index (χ0n) is 13.2. The van der Waals surface area contributed by atoms with Crippen molar-refractivity contribution in [2.45, 2.75) is 45.1 Å². The van der Waals surface area contributed by atoms with Gasteiger partial charge in [0.25, 0.3) is 0 Å². The molecule has 2 unspecified atom stereocenters. The molecular weight excluding hydrogens is 276 g/mol. The van der Waals surface area contributed by atoms with Gasteiger partial charge in [-0.2, -0.15) is 0 Å². The van der Waals surface area contributed by atoms with Crippen LogP contribution in [-0.4, -0.2) is 30.1 Å². The number of hydrogen-bond acceptors (Lipinski definition) is 4. The van der Waals surface area contributed by atoms with Crippen molar-refractivity contribution in [2.24, 2.45) is 17.8 Å². The fourth-order valence-corrected chi connectivity index (χ4v) is 4.96. The third kappa shape index (κ3) is 2.49. The number of ether oxygens (including phenoxy) is 1. The molecule has 4 atom stereocenters. The number of carbonyl (C=O) groups excluding carboxylic acids is 1. The molecule has 0 spiro atoms. The van der Waals surface area contributed by atoms with E-state index >= 15 is 0 Å². The molecule has 118 valence electrons. The zero-order valence-corrected chi connectivity index (χ0v) is 13.2. The van der Waals surface area contributed by atoms with Crippen LogP contribution in [0, 0.1) is 17.8 Å². The van der Waals surface area contributed by atoms with Gasteiger partial charge in [-0.05, 0) is 68.9 Å². The average molecular weight is 300 g/mol. The van der Waals surface area contributed by atoms with Crippen LogP contribution in [0.25, 0.3) is 0 Å². The maximum atomic E-state index is 11.7. The largest absolute Gasteiger partial charge is 0.462 e. The predicted octanol–water partition coefficient (Wildman–Crippen LogP) is 3.27. The molecule has 2 saturated heterocycles. The van der Waals surface area contributed by atoms with E-state index in [-0.39, 0.29) is 5.97 Å². The molecule has 3 heterocycles. The molecule has 4 aliphatic rings. The fraction of sp³-hybridized carbons (Fsp3) is 0.667. The molecular formula is C18H24N2O2. The highest BCUT2D eigenvalue weighted by Crippen LogP contribution is 2.48. The van der Waals surface area contributed by atoms with Crippen molar-refractivity contribution in [3.63, 3.8) is 0 Å². The van der Waals surface area contributed by atoms with E-state index in [4.69, 9.17) is 4.74 Å². The molecule has 2 aliphatic heterocycles. The Morgan fingerprint density at radius 3 is 2.55 bits per heavy atom. The molecule has 0 aromatic carbocycles. The van der Waals surface area contributed by atoms with Crippen LogP contribution >= 0.6 is 0 Å². The van der Waals surface area contributed by atoms with Gasteiger partial charge in [-0.3, -0.25) is 0 Å². The maximum absolute atomic E-state index is 11.7. The Bertz CT molecular complexity index is 543. The van der Waals surface area contributed by atoms with Gasteiger partial charge in [0.15, 0.2) is 0 Å². The van der Waals surface area contributed by atoms with Crippen molar-refractivity contribution in [2.75, 3.05) is 18.1 Å². The Balaban J connectivity index is 1.55. The summed E-state index contributed by atoms with van der Waals surface area (Å²) in [5, 5.41) is 0. The van der Waals surface area contributed by atoms with E-state index in [1.54, 1.807) is 6.20 Å². The van der Waals surface area contributed by atoms with Crippen LogP contribution in [0.2, 0.25) is 0 Å². The summed E-state index contributed by atoms with van der Waals surface area (Å²) in [7, 11) is 0. The third-order valence-electron chi connectivity index (χ3n) is 5.66. The van der Waals surface area contributed by atoms with E-state index in [9.17, 15) is 4.79 Å². The minimum Gasteiger partial charge on any atom is -0.462 e. The van der Waals surface area contributed by atoms with Crippen molar-refractivity contribution in [3.8, 4) is 0 Å². The first kappa shape index (κ1) is 14.0. The lowest BCUT2D eigenvalue weighted by Crippen LogP contribution is -2.38. The predicted molar refractivity (Wildman–Crippen MR) is 84.9 cm³/mol. The number of aromatic nitrogens is 1. The summed E-state index contributed by atoms with van der Waals surface area (Å²) in [5.41, 5.74) is 0.547. The number of anilines is 1. The van der Waals surface area contributed by atoms with Gasteiger partial charge >= 0.3 is 5.97 Å². The summed E-state index contributed by atoms with van der Waals surface area (Å²) in [6, 6.07) is 4.51. The van der Waals surface area contributed by atoms with Crippen molar-refractivity contribution in [3.05, 3.63) is 23.9 Å². The molecule has 2 aliphatic carbocycles. The fourth-order valence-electron chi connectivity index (χ4n) is 4.96. The highest BCUT2D eigenvalue weighted by atomic mass is 16.5. The molecule has 4 nitrogen and oxygen atoms in total. The number of rotatable bonds is 3. The summed E-state index contributed by atoms with van der Waals surface area (Å²) < 4.78 is 5.03. The summed E-state index contributed by atoms with van der Waals surface area (Å²) in [4.78, 5) is 18.8. The van der Waals surface area contributed by atoms with Gasteiger partial charge in [0, 0.05) is 18.8 Å². The normalized spacial score (nSPS) is 32.9. The van der Waals surface area contributed by atoms with Crippen LogP contribution in [0.4, 0.5) is 5.82 Å². The van der Waals surface area contributed by atoms with Crippen LogP contribution in [0.1, 0.15) is 49.4 Å². The molecule has 4 fully saturated rings. The minimum atomic E-state index is -0.280. The lowest BCUT2D eigenvalue weighted by Gasteiger charge is -2.39. The molecule has 22 heavy (non-hydrogen) atoms. The lowest BCUT2D eigenvalue weighted by atomic mass is 9.68. The molecule has 0 amide bonds. The minimum absolute atomic E-state index is 0.280. The first-order chi connectivity index (χ1) is 10.7. The highest BCUT2D eigenvalue weighted by molar-refractivity contribution is 5.89. The smallest absolute Gasteiger partial charge is 0.339 e. The second-order valence-electron chi connectivity index (χ2n) is 7.21. The quantitative estimate of drug-likeness (QED) is 0.804. The molecule has 5 rings (SSSR count).